The van der Waals surface area contributed by atoms with E-state index in [9.17, 15) is 4.79 Å². The van der Waals surface area contributed by atoms with Crippen molar-refractivity contribution in [1.29, 1.82) is 0 Å². The van der Waals surface area contributed by atoms with Crippen LogP contribution in [0.4, 0.5) is 11.4 Å². The summed E-state index contributed by atoms with van der Waals surface area (Å²) in [5.74, 6) is -0.214. The van der Waals surface area contributed by atoms with Crippen LogP contribution in [0.2, 0.25) is 0 Å². The van der Waals surface area contributed by atoms with E-state index in [-0.39, 0.29) is 5.91 Å². The first-order chi connectivity index (χ1) is 12.1. The van der Waals surface area contributed by atoms with Crippen LogP contribution in [-0.2, 0) is 6.54 Å². The van der Waals surface area contributed by atoms with Gasteiger partial charge in [-0.25, -0.2) is 4.98 Å². The smallest absolute Gasteiger partial charge is 0.274 e. The van der Waals surface area contributed by atoms with Crippen LogP contribution >= 0.6 is 0 Å². The van der Waals surface area contributed by atoms with E-state index < -0.39 is 0 Å². The maximum Gasteiger partial charge on any atom is 0.274 e. The molecule has 0 aliphatic heterocycles. The van der Waals surface area contributed by atoms with Gasteiger partial charge in [-0.3, -0.25) is 4.79 Å². The van der Waals surface area contributed by atoms with Crippen molar-refractivity contribution in [3.8, 4) is 0 Å². The molecule has 2 aromatic carbocycles. The average molecular weight is 331 g/mol. The van der Waals surface area contributed by atoms with E-state index in [1.54, 1.807) is 12.3 Å². The second-order valence-corrected chi connectivity index (χ2v) is 6.03. The third-order valence-corrected chi connectivity index (χ3v) is 4.05. The Morgan fingerprint density at radius 1 is 0.920 bits per heavy atom. The van der Waals surface area contributed by atoms with Gasteiger partial charge in [-0.15, -0.1) is 0 Å². The van der Waals surface area contributed by atoms with Crippen molar-refractivity contribution in [2.75, 3.05) is 10.6 Å². The Labute approximate surface area is 147 Å². The number of pyridine rings is 1. The summed E-state index contributed by atoms with van der Waals surface area (Å²) in [4.78, 5) is 16.5. The Hall–Kier alpha value is -3.14. The molecule has 0 atom stereocenters. The van der Waals surface area contributed by atoms with Gasteiger partial charge in [-0.2, -0.15) is 0 Å². The molecular formula is C21H21N3O. The second kappa shape index (κ2) is 7.62. The van der Waals surface area contributed by atoms with Crippen LogP contribution in [0, 0.1) is 13.8 Å². The fourth-order valence-corrected chi connectivity index (χ4v) is 2.47. The molecule has 0 saturated carbocycles. The van der Waals surface area contributed by atoms with Crippen LogP contribution in [-0.4, -0.2) is 10.9 Å². The first kappa shape index (κ1) is 16.7. The molecule has 126 valence electrons. The van der Waals surface area contributed by atoms with Crippen molar-refractivity contribution in [2.45, 2.75) is 20.4 Å². The predicted octanol–water partition coefficient (Wildman–Crippen LogP) is 4.56. The number of carbonyl (C=O) groups excluding carboxylic acids is 1. The van der Waals surface area contributed by atoms with E-state index >= 15 is 0 Å². The first-order valence-electron chi connectivity index (χ1n) is 8.24. The fraction of sp³-hybridized carbons (Fsp3) is 0.143. The normalized spacial score (nSPS) is 10.3. The number of aromatic nitrogens is 1. The van der Waals surface area contributed by atoms with Gasteiger partial charge in [0.1, 0.15) is 5.69 Å². The molecule has 25 heavy (non-hydrogen) atoms. The van der Waals surface area contributed by atoms with Gasteiger partial charge < -0.3 is 10.6 Å². The molecule has 0 spiro atoms. The van der Waals surface area contributed by atoms with Gasteiger partial charge in [-0.05, 0) is 49.2 Å². The highest BCUT2D eigenvalue weighted by Crippen LogP contribution is 2.13. The van der Waals surface area contributed by atoms with Crippen LogP contribution in [0.15, 0.2) is 66.9 Å². The molecule has 1 aromatic heterocycles. The summed E-state index contributed by atoms with van der Waals surface area (Å²) in [5, 5.41) is 6.18. The van der Waals surface area contributed by atoms with E-state index in [1.165, 1.54) is 11.1 Å². The zero-order valence-electron chi connectivity index (χ0n) is 14.4. The lowest BCUT2D eigenvalue weighted by Crippen LogP contribution is -2.13. The molecule has 1 amide bonds. The minimum absolute atomic E-state index is 0.214. The minimum Gasteiger partial charge on any atom is -0.380 e. The predicted molar refractivity (Wildman–Crippen MR) is 102 cm³/mol. The third-order valence-electron chi connectivity index (χ3n) is 4.05. The number of hydrogen-bond donors (Lipinski definition) is 2. The zero-order chi connectivity index (χ0) is 17.6. The van der Waals surface area contributed by atoms with Crippen LogP contribution < -0.4 is 10.6 Å². The highest BCUT2D eigenvalue weighted by atomic mass is 16.1. The number of amides is 1. The number of aryl methyl sites for hydroxylation is 2. The molecule has 0 unspecified atom stereocenters. The zero-order valence-corrected chi connectivity index (χ0v) is 14.4. The Kier molecular flexibility index (Phi) is 5.09. The Balaban J connectivity index is 1.60. The number of rotatable bonds is 5. The fourth-order valence-electron chi connectivity index (χ4n) is 2.47. The van der Waals surface area contributed by atoms with Gasteiger partial charge in [0.2, 0.25) is 0 Å². The molecule has 3 rings (SSSR count). The van der Waals surface area contributed by atoms with E-state index in [4.69, 9.17) is 0 Å². The van der Waals surface area contributed by atoms with E-state index in [0.29, 0.717) is 5.69 Å². The molecule has 0 saturated heterocycles. The van der Waals surface area contributed by atoms with Crippen LogP contribution in [0.3, 0.4) is 0 Å². The number of nitrogens with zero attached hydrogens (tertiary/aromatic N) is 1. The average Bonchev–Trinajstić information content (AvgIpc) is 2.63. The van der Waals surface area contributed by atoms with Gasteiger partial charge in [0.25, 0.3) is 5.91 Å². The van der Waals surface area contributed by atoms with Crippen molar-refractivity contribution in [3.63, 3.8) is 0 Å². The highest BCUT2D eigenvalue weighted by Gasteiger charge is 2.07. The quantitative estimate of drug-likeness (QED) is 0.720. The first-order valence-corrected chi connectivity index (χ1v) is 8.24. The summed E-state index contributed by atoms with van der Waals surface area (Å²) < 4.78 is 0. The van der Waals surface area contributed by atoms with Crippen LogP contribution in [0.25, 0.3) is 0 Å². The van der Waals surface area contributed by atoms with Gasteiger partial charge >= 0.3 is 0 Å². The van der Waals surface area contributed by atoms with Gasteiger partial charge in [0.15, 0.2) is 0 Å². The summed E-state index contributed by atoms with van der Waals surface area (Å²) in [6.45, 7) is 4.83. The van der Waals surface area contributed by atoms with E-state index in [2.05, 4.69) is 34.7 Å². The lowest BCUT2D eigenvalue weighted by atomic mass is 10.1. The number of nitrogens with one attached hydrogen (secondary N) is 2. The lowest BCUT2D eigenvalue weighted by Gasteiger charge is -2.09. The topological polar surface area (TPSA) is 54.0 Å². The number of hydrogen-bond acceptors (Lipinski definition) is 3. The summed E-state index contributed by atoms with van der Waals surface area (Å²) in [6, 6.07) is 19.5. The Bertz CT molecular complexity index is 855. The molecule has 3 aromatic rings. The van der Waals surface area contributed by atoms with Crippen LogP contribution in [0.1, 0.15) is 27.2 Å². The van der Waals surface area contributed by atoms with Crippen molar-refractivity contribution >= 4 is 17.3 Å². The Morgan fingerprint density at radius 3 is 2.32 bits per heavy atom. The second-order valence-electron chi connectivity index (χ2n) is 6.03. The van der Waals surface area contributed by atoms with Gasteiger partial charge in [0, 0.05) is 12.2 Å². The Morgan fingerprint density at radius 2 is 1.64 bits per heavy atom. The van der Waals surface area contributed by atoms with Crippen LogP contribution in [0.5, 0.6) is 0 Å². The summed E-state index contributed by atoms with van der Waals surface area (Å²) in [5.41, 5.74) is 5.68. The monoisotopic (exact) mass is 331 g/mol. The molecule has 0 fully saturated rings. The third kappa shape index (κ3) is 4.44. The standard InChI is InChI=1S/C21H21N3O/c1-15-7-9-18(10-8-15)24-21(25)20-12-11-19(14-23-20)22-13-17-6-4-3-5-16(17)2/h3-12,14,22H,13H2,1-2H3,(H,24,25). The van der Waals surface area contributed by atoms with Crippen molar-refractivity contribution in [1.82, 2.24) is 4.98 Å². The number of carbonyl (C=O) groups is 1. The van der Waals surface area contributed by atoms with Crippen molar-refractivity contribution < 1.29 is 4.79 Å². The molecule has 0 radical (unpaired) electrons. The molecule has 0 aliphatic carbocycles. The van der Waals surface area contributed by atoms with Crippen molar-refractivity contribution in [2.24, 2.45) is 0 Å². The highest BCUT2D eigenvalue weighted by molar-refractivity contribution is 6.02. The summed E-state index contributed by atoms with van der Waals surface area (Å²) in [6.07, 6.45) is 1.68. The summed E-state index contributed by atoms with van der Waals surface area (Å²) >= 11 is 0. The molecule has 0 aliphatic rings. The molecule has 4 heteroatoms. The molecule has 0 bridgehead atoms. The maximum absolute atomic E-state index is 12.2. The summed E-state index contributed by atoms with van der Waals surface area (Å²) in [7, 11) is 0. The van der Waals surface area contributed by atoms with E-state index in [1.807, 2.05) is 49.4 Å². The molecule has 4 nitrogen and oxygen atoms in total. The largest absolute Gasteiger partial charge is 0.380 e. The SMILES string of the molecule is Cc1ccc(NC(=O)c2ccc(NCc3ccccc3C)cn2)cc1. The van der Waals surface area contributed by atoms with Gasteiger partial charge in [-0.1, -0.05) is 42.0 Å². The van der Waals surface area contributed by atoms with Crippen molar-refractivity contribution in [3.05, 3.63) is 89.2 Å². The van der Waals surface area contributed by atoms with E-state index in [0.717, 1.165) is 23.5 Å². The maximum atomic E-state index is 12.2. The molecular weight excluding hydrogens is 310 g/mol. The number of benzene rings is 2. The molecule has 1 heterocycles. The van der Waals surface area contributed by atoms with Gasteiger partial charge in [0.05, 0.1) is 11.9 Å². The molecule has 2 N–H and O–H groups in total. The number of anilines is 2. The minimum atomic E-state index is -0.214. The lowest BCUT2D eigenvalue weighted by molar-refractivity contribution is 0.102.